The quantitative estimate of drug-likeness (QED) is 0.852. The average Bonchev–Trinajstić information content (AvgIpc) is 2.45. The molecule has 0 aliphatic carbocycles. The van der Waals surface area contributed by atoms with Gasteiger partial charge in [0.15, 0.2) is 0 Å². The van der Waals surface area contributed by atoms with Crippen molar-refractivity contribution in [3.63, 3.8) is 0 Å². The van der Waals surface area contributed by atoms with Gasteiger partial charge in [0, 0.05) is 6.04 Å². The monoisotopic (exact) mass is 262 g/mol. The second-order valence-corrected chi connectivity index (χ2v) is 4.01. The first kappa shape index (κ1) is 14.8. The van der Waals surface area contributed by atoms with E-state index in [4.69, 9.17) is 14.7 Å². The maximum Gasteiger partial charge on any atom is 0.255 e. The zero-order valence-electron chi connectivity index (χ0n) is 11.4. The van der Waals surface area contributed by atoms with E-state index in [-0.39, 0.29) is 18.4 Å². The molecule has 0 aliphatic rings. The lowest BCUT2D eigenvalue weighted by Crippen LogP contribution is -2.34. The molecule has 0 fully saturated rings. The summed E-state index contributed by atoms with van der Waals surface area (Å²) < 4.78 is 10.3. The Hall–Kier alpha value is -2.22. The number of nitrogens with one attached hydrogen (secondary N) is 1. The molecule has 1 atom stereocenters. The molecule has 1 unspecified atom stereocenters. The summed E-state index contributed by atoms with van der Waals surface area (Å²) in [5.74, 6) is 0.794. The van der Waals surface area contributed by atoms with Gasteiger partial charge in [0.1, 0.15) is 11.5 Å². The first-order valence-electron chi connectivity index (χ1n) is 6.06. The lowest BCUT2D eigenvalue weighted by molar-refractivity contribution is 0.0933. The second kappa shape index (κ2) is 7.27. The molecule has 102 valence electrons. The minimum atomic E-state index is -0.266. The molecule has 1 N–H and O–H groups in total. The molecule has 0 bridgehead atoms. The van der Waals surface area contributed by atoms with E-state index in [0.29, 0.717) is 23.5 Å². The number of carbonyl (C=O) groups is 1. The molecule has 0 aliphatic heterocycles. The molecule has 1 aromatic rings. The number of methoxy groups -OCH3 is 2. The normalized spacial score (nSPS) is 11.3. The van der Waals surface area contributed by atoms with Gasteiger partial charge < -0.3 is 14.8 Å². The van der Waals surface area contributed by atoms with Gasteiger partial charge >= 0.3 is 0 Å². The number of hydrogen-bond acceptors (Lipinski definition) is 4. The van der Waals surface area contributed by atoms with Crippen molar-refractivity contribution in [2.24, 2.45) is 0 Å². The van der Waals surface area contributed by atoms with E-state index < -0.39 is 0 Å². The molecule has 5 heteroatoms. The highest BCUT2D eigenvalue weighted by Crippen LogP contribution is 2.24. The molecule has 0 spiro atoms. The summed E-state index contributed by atoms with van der Waals surface area (Å²) in [6.07, 6.45) is 0.986. The number of hydrogen-bond donors (Lipinski definition) is 1. The third-order valence-electron chi connectivity index (χ3n) is 2.82. The number of benzene rings is 1. The molecular formula is C14H18N2O3. The highest BCUT2D eigenvalue weighted by atomic mass is 16.5. The molecule has 0 heterocycles. The number of ether oxygens (including phenoxy) is 2. The Bertz CT molecular complexity index is 480. The molecule has 0 radical (unpaired) electrons. The van der Waals surface area contributed by atoms with Crippen molar-refractivity contribution in [2.45, 2.75) is 25.8 Å². The van der Waals surface area contributed by atoms with Crippen molar-refractivity contribution in [1.29, 1.82) is 5.26 Å². The van der Waals surface area contributed by atoms with Gasteiger partial charge in [-0.2, -0.15) is 5.26 Å². The van der Waals surface area contributed by atoms with Crippen LogP contribution in [-0.4, -0.2) is 26.2 Å². The predicted molar refractivity (Wildman–Crippen MR) is 71.3 cm³/mol. The van der Waals surface area contributed by atoms with Crippen molar-refractivity contribution in [2.75, 3.05) is 14.2 Å². The summed E-state index contributed by atoms with van der Waals surface area (Å²) in [6.45, 7) is 1.92. The lowest BCUT2D eigenvalue weighted by atomic mass is 10.1. The maximum absolute atomic E-state index is 12.2. The number of nitriles is 1. The Morgan fingerprint density at radius 3 is 2.68 bits per heavy atom. The van der Waals surface area contributed by atoms with Crippen LogP contribution in [0, 0.1) is 11.3 Å². The van der Waals surface area contributed by atoms with E-state index in [1.54, 1.807) is 18.2 Å². The molecular weight excluding hydrogens is 244 g/mol. The number of rotatable bonds is 6. The number of nitrogens with zero attached hydrogens (tertiary/aromatic N) is 1. The van der Waals surface area contributed by atoms with Crippen LogP contribution in [0.4, 0.5) is 0 Å². The van der Waals surface area contributed by atoms with Crippen molar-refractivity contribution in [1.82, 2.24) is 5.32 Å². The molecule has 0 saturated carbocycles. The van der Waals surface area contributed by atoms with Gasteiger partial charge in [-0.15, -0.1) is 0 Å². The van der Waals surface area contributed by atoms with E-state index >= 15 is 0 Å². The third kappa shape index (κ3) is 3.88. The van der Waals surface area contributed by atoms with E-state index in [1.807, 2.05) is 6.92 Å². The Morgan fingerprint density at radius 2 is 2.16 bits per heavy atom. The first-order valence-corrected chi connectivity index (χ1v) is 6.06. The molecule has 1 rings (SSSR count). The van der Waals surface area contributed by atoms with Gasteiger partial charge in [-0.05, 0) is 24.6 Å². The summed E-state index contributed by atoms with van der Waals surface area (Å²) in [5, 5.41) is 11.5. The van der Waals surface area contributed by atoms with Crippen LogP contribution >= 0.6 is 0 Å². The van der Waals surface area contributed by atoms with E-state index in [2.05, 4.69) is 11.4 Å². The summed E-state index contributed by atoms with van der Waals surface area (Å²) >= 11 is 0. The molecule has 0 saturated heterocycles. The topological polar surface area (TPSA) is 71.4 Å². The van der Waals surface area contributed by atoms with Crippen LogP contribution in [0.3, 0.4) is 0 Å². The summed E-state index contributed by atoms with van der Waals surface area (Å²) in [6, 6.07) is 6.92. The minimum Gasteiger partial charge on any atom is -0.497 e. The molecule has 1 aromatic carbocycles. The third-order valence-corrected chi connectivity index (χ3v) is 2.82. The standard InChI is InChI=1S/C14H18N2O3/c1-4-10(7-8-15)16-14(17)12-9-11(18-2)5-6-13(12)19-3/h5-6,9-10H,4,7H2,1-3H3,(H,16,17). The van der Waals surface area contributed by atoms with Gasteiger partial charge in [0.25, 0.3) is 5.91 Å². The highest BCUT2D eigenvalue weighted by Gasteiger charge is 2.16. The fourth-order valence-electron chi connectivity index (χ4n) is 1.66. The van der Waals surface area contributed by atoms with Gasteiger partial charge in [-0.3, -0.25) is 4.79 Å². The maximum atomic E-state index is 12.2. The van der Waals surface area contributed by atoms with E-state index in [9.17, 15) is 4.79 Å². The van der Waals surface area contributed by atoms with Crippen molar-refractivity contribution < 1.29 is 14.3 Å². The van der Waals surface area contributed by atoms with Gasteiger partial charge in [0.05, 0.1) is 32.3 Å². The zero-order chi connectivity index (χ0) is 14.3. The second-order valence-electron chi connectivity index (χ2n) is 4.01. The fraction of sp³-hybridized carbons (Fsp3) is 0.429. The summed E-state index contributed by atoms with van der Waals surface area (Å²) in [5.41, 5.74) is 0.401. The Kier molecular flexibility index (Phi) is 5.68. The average molecular weight is 262 g/mol. The van der Waals surface area contributed by atoms with Gasteiger partial charge in [0.2, 0.25) is 0 Å². The van der Waals surface area contributed by atoms with Crippen molar-refractivity contribution >= 4 is 5.91 Å². The molecule has 5 nitrogen and oxygen atoms in total. The fourth-order valence-corrected chi connectivity index (χ4v) is 1.66. The first-order chi connectivity index (χ1) is 9.15. The molecule has 19 heavy (non-hydrogen) atoms. The Morgan fingerprint density at radius 1 is 1.42 bits per heavy atom. The molecule has 0 aromatic heterocycles. The van der Waals surface area contributed by atoms with Gasteiger partial charge in [-0.25, -0.2) is 0 Å². The van der Waals surface area contributed by atoms with Crippen LogP contribution in [-0.2, 0) is 0 Å². The number of amides is 1. The predicted octanol–water partition coefficient (Wildman–Crippen LogP) is 2.13. The largest absolute Gasteiger partial charge is 0.497 e. The van der Waals surface area contributed by atoms with E-state index in [1.165, 1.54) is 14.2 Å². The minimum absolute atomic E-state index is 0.159. The Balaban J connectivity index is 2.94. The zero-order valence-corrected chi connectivity index (χ0v) is 11.4. The van der Waals surface area contributed by atoms with Gasteiger partial charge in [-0.1, -0.05) is 6.92 Å². The molecule has 1 amide bonds. The van der Waals surface area contributed by atoms with Crippen LogP contribution < -0.4 is 14.8 Å². The summed E-state index contributed by atoms with van der Waals surface area (Å²) in [4.78, 5) is 12.2. The van der Waals surface area contributed by atoms with Crippen LogP contribution in [0.2, 0.25) is 0 Å². The highest BCUT2D eigenvalue weighted by molar-refractivity contribution is 5.97. The summed E-state index contributed by atoms with van der Waals surface area (Å²) in [7, 11) is 3.04. The van der Waals surface area contributed by atoms with Crippen molar-refractivity contribution in [3.8, 4) is 17.6 Å². The van der Waals surface area contributed by atoms with Crippen LogP contribution in [0.25, 0.3) is 0 Å². The Labute approximate surface area is 113 Å². The van der Waals surface area contributed by atoms with Crippen molar-refractivity contribution in [3.05, 3.63) is 23.8 Å². The van der Waals surface area contributed by atoms with Crippen LogP contribution in [0.1, 0.15) is 30.1 Å². The number of carbonyl (C=O) groups excluding carboxylic acids is 1. The smallest absolute Gasteiger partial charge is 0.255 e. The SMILES string of the molecule is CCC(CC#N)NC(=O)c1cc(OC)ccc1OC. The van der Waals surface area contributed by atoms with E-state index in [0.717, 1.165) is 0 Å². The van der Waals surface area contributed by atoms with Crippen LogP contribution in [0.5, 0.6) is 11.5 Å². The van der Waals surface area contributed by atoms with Crippen LogP contribution in [0.15, 0.2) is 18.2 Å². The lowest BCUT2D eigenvalue weighted by Gasteiger charge is -2.15.